The summed E-state index contributed by atoms with van der Waals surface area (Å²) in [7, 11) is 2.01. The van der Waals surface area contributed by atoms with Crippen LogP contribution < -0.4 is 5.32 Å². The lowest BCUT2D eigenvalue weighted by Gasteiger charge is -2.23. The average molecular weight is 253 g/mol. The molecule has 1 fully saturated rings. The summed E-state index contributed by atoms with van der Waals surface area (Å²) in [6.45, 7) is 8.66. The minimum absolute atomic E-state index is 0.448. The fraction of sp³-hybridized carbons (Fsp3) is 0.769. The second kappa shape index (κ2) is 5.02. The molecule has 0 radical (unpaired) electrons. The Kier molecular flexibility index (Phi) is 3.83. The molecule has 0 spiro atoms. The van der Waals surface area contributed by atoms with Gasteiger partial charge in [-0.3, -0.25) is 4.68 Å². The van der Waals surface area contributed by atoms with Gasteiger partial charge in [0.05, 0.1) is 5.69 Å². The van der Waals surface area contributed by atoms with Gasteiger partial charge in [0, 0.05) is 36.1 Å². The second-order valence-corrected chi connectivity index (χ2v) is 6.96. The van der Waals surface area contributed by atoms with E-state index in [1.807, 2.05) is 11.7 Å². The second-order valence-electron chi connectivity index (χ2n) is 5.28. The zero-order valence-corrected chi connectivity index (χ0v) is 12.2. The van der Waals surface area contributed by atoms with Gasteiger partial charge < -0.3 is 5.32 Å². The summed E-state index contributed by atoms with van der Waals surface area (Å²) in [5.74, 6) is 1.32. The third kappa shape index (κ3) is 2.86. The number of hydrogen-bond acceptors (Lipinski definition) is 3. The van der Waals surface area contributed by atoms with Crippen molar-refractivity contribution in [2.24, 2.45) is 7.05 Å². The maximum atomic E-state index is 4.45. The van der Waals surface area contributed by atoms with Crippen molar-refractivity contribution in [3.8, 4) is 0 Å². The Morgan fingerprint density at radius 1 is 1.47 bits per heavy atom. The lowest BCUT2D eigenvalue weighted by Crippen LogP contribution is -2.32. The number of aromatic nitrogens is 2. The van der Waals surface area contributed by atoms with E-state index in [0.717, 1.165) is 18.8 Å². The van der Waals surface area contributed by atoms with Crippen LogP contribution in [0.4, 0.5) is 0 Å². The molecule has 17 heavy (non-hydrogen) atoms. The van der Waals surface area contributed by atoms with Gasteiger partial charge in [0.1, 0.15) is 0 Å². The topological polar surface area (TPSA) is 29.9 Å². The highest BCUT2D eigenvalue weighted by Gasteiger charge is 2.28. The van der Waals surface area contributed by atoms with Crippen LogP contribution in [-0.2, 0) is 13.6 Å². The molecule has 2 rings (SSSR count). The fourth-order valence-electron chi connectivity index (χ4n) is 2.50. The zero-order valence-electron chi connectivity index (χ0n) is 11.3. The van der Waals surface area contributed by atoms with Gasteiger partial charge in [-0.25, -0.2) is 0 Å². The molecule has 1 N–H and O–H groups in total. The SMILES string of the molecule is Cc1nn(C)c(C)c1CNCC1(C)CCCS1. The van der Waals surface area contributed by atoms with E-state index >= 15 is 0 Å². The molecule has 1 atom stereocenters. The first-order chi connectivity index (χ1) is 8.02. The number of nitrogens with zero attached hydrogens (tertiary/aromatic N) is 2. The molecule has 3 nitrogen and oxygen atoms in total. The van der Waals surface area contributed by atoms with E-state index in [1.54, 1.807) is 0 Å². The van der Waals surface area contributed by atoms with Gasteiger partial charge in [-0.2, -0.15) is 16.9 Å². The first kappa shape index (κ1) is 13.0. The van der Waals surface area contributed by atoms with E-state index in [-0.39, 0.29) is 0 Å². The maximum absolute atomic E-state index is 4.45. The van der Waals surface area contributed by atoms with Crippen LogP contribution in [0.3, 0.4) is 0 Å². The zero-order chi connectivity index (χ0) is 12.5. The lowest BCUT2D eigenvalue weighted by molar-refractivity contribution is 0.535. The van der Waals surface area contributed by atoms with E-state index in [4.69, 9.17) is 0 Å². The Labute approximate surface area is 108 Å². The fourth-order valence-corrected chi connectivity index (χ4v) is 3.78. The molecule has 1 aliphatic heterocycles. The average Bonchev–Trinajstić information content (AvgIpc) is 2.79. The number of rotatable bonds is 4. The van der Waals surface area contributed by atoms with Gasteiger partial charge in [0.15, 0.2) is 0 Å². The minimum Gasteiger partial charge on any atom is -0.311 e. The molecule has 1 saturated heterocycles. The highest BCUT2D eigenvalue weighted by molar-refractivity contribution is 8.00. The highest BCUT2D eigenvalue weighted by atomic mass is 32.2. The van der Waals surface area contributed by atoms with E-state index in [2.05, 4.69) is 42.9 Å². The van der Waals surface area contributed by atoms with Crippen molar-refractivity contribution >= 4 is 11.8 Å². The van der Waals surface area contributed by atoms with Crippen molar-refractivity contribution in [2.45, 2.75) is 44.9 Å². The number of nitrogens with one attached hydrogen (secondary N) is 1. The van der Waals surface area contributed by atoms with Crippen LogP contribution in [0.2, 0.25) is 0 Å². The number of aryl methyl sites for hydroxylation is 2. The molecule has 2 heterocycles. The van der Waals surface area contributed by atoms with E-state index in [1.165, 1.54) is 29.9 Å². The van der Waals surface area contributed by atoms with Gasteiger partial charge in [-0.05, 0) is 39.4 Å². The normalized spacial score (nSPS) is 24.5. The first-order valence-electron chi connectivity index (χ1n) is 6.35. The van der Waals surface area contributed by atoms with Gasteiger partial charge in [0.2, 0.25) is 0 Å². The van der Waals surface area contributed by atoms with E-state index < -0.39 is 0 Å². The molecule has 0 amide bonds. The Morgan fingerprint density at radius 3 is 2.76 bits per heavy atom. The Morgan fingerprint density at radius 2 is 2.24 bits per heavy atom. The third-order valence-electron chi connectivity index (χ3n) is 3.76. The van der Waals surface area contributed by atoms with Crippen molar-refractivity contribution in [3.63, 3.8) is 0 Å². The van der Waals surface area contributed by atoms with Gasteiger partial charge in [-0.15, -0.1) is 0 Å². The monoisotopic (exact) mass is 253 g/mol. The van der Waals surface area contributed by atoms with Gasteiger partial charge >= 0.3 is 0 Å². The molecular formula is C13H23N3S. The summed E-state index contributed by atoms with van der Waals surface area (Å²) >= 11 is 2.11. The number of thioether (sulfide) groups is 1. The molecule has 1 aromatic rings. The highest BCUT2D eigenvalue weighted by Crippen LogP contribution is 2.37. The third-order valence-corrected chi connectivity index (χ3v) is 5.30. The molecule has 0 saturated carbocycles. The van der Waals surface area contributed by atoms with Crippen LogP contribution in [0.5, 0.6) is 0 Å². The number of hydrogen-bond donors (Lipinski definition) is 1. The quantitative estimate of drug-likeness (QED) is 0.893. The van der Waals surface area contributed by atoms with E-state index in [0.29, 0.717) is 4.75 Å². The summed E-state index contributed by atoms with van der Waals surface area (Å²) in [4.78, 5) is 0. The van der Waals surface area contributed by atoms with Gasteiger partial charge in [-0.1, -0.05) is 0 Å². The molecule has 4 heteroatoms. The molecule has 96 valence electrons. The first-order valence-corrected chi connectivity index (χ1v) is 7.34. The molecule has 0 aliphatic carbocycles. The smallest absolute Gasteiger partial charge is 0.0641 e. The summed E-state index contributed by atoms with van der Waals surface area (Å²) in [5, 5.41) is 8.05. The summed E-state index contributed by atoms with van der Waals surface area (Å²) < 4.78 is 2.42. The van der Waals surface area contributed by atoms with Crippen molar-refractivity contribution in [2.75, 3.05) is 12.3 Å². The van der Waals surface area contributed by atoms with Crippen LogP contribution >= 0.6 is 11.8 Å². The van der Waals surface area contributed by atoms with Crippen molar-refractivity contribution < 1.29 is 0 Å². The molecule has 1 aromatic heterocycles. The Balaban J connectivity index is 1.89. The molecular weight excluding hydrogens is 230 g/mol. The largest absolute Gasteiger partial charge is 0.311 e. The molecule has 0 aromatic carbocycles. The predicted octanol–water partition coefficient (Wildman–Crippen LogP) is 2.41. The summed E-state index contributed by atoms with van der Waals surface area (Å²) in [6.07, 6.45) is 2.71. The van der Waals surface area contributed by atoms with Crippen LogP contribution in [0.1, 0.15) is 36.7 Å². The van der Waals surface area contributed by atoms with E-state index in [9.17, 15) is 0 Å². The van der Waals surface area contributed by atoms with Crippen LogP contribution in [-0.4, -0.2) is 26.8 Å². The maximum Gasteiger partial charge on any atom is 0.0641 e. The van der Waals surface area contributed by atoms with Crippen molar-refractivity contribution in [3.05, 3.63) is 17.0 Å². The van der Waals surface area contributed by atoms with Gasteiger partial charge in [0.25, 0.3) is 0 Å². The molecule has 1 unspecified atom stereocenters. The van der Waals surface area contributed by atoms with Crippen molar-refractivity contribution in [1.82, 2.24) is 15.1 Å². The van der Waals surface area contributed by atoms with Crippen LogP contribution in [0, 0.1) is 13.8 Å². The predicted molar refractivity (Wildman–Crippen MR) is 74.5 cm³/mol. The van der Waals surface area contributed by atoms with Crippen molar-refractivity contribution in [1.29, 1.82) is 0 Å². The Hall–Kier alpha value is -0.480. The standard InChI is InChI=1S/C13H23N3S/c1-10-12(11(2)16(4)15-10)8-14-9-13(3)6-5-7-17-13/h14H,5-9H2,1-4H3. The van der Waals surface area contributed by atoms with Crippen LogP contribution in [0.25, 0.3) is 0 Å². The summed E-state index contributed by atoms with van der Waals surface area (Å²) in [5.41, 5.74) is 3.79. The minimum atomic E-state index is 0.448. The molecule has 1 aliphatic rings. The Bertz CT molecular complexity index is 392. The summed E-state index contributed by atoms with van der Waals surface area (Å²) in [6, 6.07) is 0. The lowest BCUT2D eigenvalue weighted by atomic mass is 10.1. The molecule has 0 bridgehead atoms. The van der Waals surface area contributed by atoms with Crippen LogP contribution in [0.15, 0.2) is 0 Å².